The SMILES string of the molecule is COc1ccc2oc(-c3cc(C(=O)O)c4cc(S(=O)(=O)N(C)C)ccc4n3)cc2c1. The number of pyridine rings is 1. The number of fused-ring (bicyclic) bond motifs is 2. The first-order chi connectivity index (χ1) is 14.2. The minimum atomic E-state index is -3.71. The summed E-state index contributed by atoms with van der Waals surface area (Å²) in [6.45, 7) is 0. The van der Waals surface area contributed by atoms with Gasteiger partial charge in [0.25, 0.3) is 0 Å². The number of nitrogens with zero attached hydrogens (tertiary/aromatic N) is 2. The number of aromatic nitrogens is 1. The number of carboxylic acid groups (broad SMARTS) is 1. The van der Waals surface area contributed by atoms with Crippen molar-refractivity contribution >= 4 is 37.9 Å². The Morgan fingerprint density at radius 3 is 2.53 bits per heavy atom. The number of rotatable bonds is 5. The second-order valence-corrected chi connectivity index (χ2v) is 8.99. The molecule has 8 nitrogen and oxygen atoms in total. The Morgan fingerprint density at radius 2 is 1.87 bits per heavy atom. The highest BCUT2D eigenvalue weighted by Crippen LogP contribution is 2.32. The Kier molecular flexibility index (Phi) is 4.71. The third-order valence-electron chi connectivity index (χ3n) is 4.77. The van der Waals surface area contributed by atoms with Crippen molar-refractivity contribution in [1.82, 2.24) is 9.29 Å². The zero-order chi connectivity index (χ0) is 21.6. The van der Waals surface area contributed by atoms with E-state index in [1.165, 1.54) is 38.4 Å². The van der Waals surface area contributed by atoms with Crippen LogP contribution in [-0.4, -0.2) is 50.0 Å². The average Bonchev–Trinajstić information content (AvgIpc) is 3.15. The zero-order valence-corrected chi connectivity index (χ0v) is 17.2. The molecule has 4 aromatic rings. The molecule has 1 N–H and O–H groups in total. The Balaban J connectivity index is 1.92. The molecule has 0 aliphatic carbocycles. The van der Waals surface area contributed by atoms with Crippen LogP contribution in [0.3, 0.4) is 0 Å². The van der Waals surface area contributed by atoms with Crippen LogP contribution in [0.15, 0.2) is 57.8 Å². The molecule has 0 amide bonds. The van der Waals surface area contributed by atoms with Gasteiger partial charge in [0.2, 0.25) is 10.0 Å². The molecule has 0 saturated heterocycles. The molecule has 0 unspecified atom stereocenters. The van der Waals surface area contributed by atoms with Crippen molar-refractivity contribution in [2.24, 2.45) is 0 Å². The van der Waals surface area contributed by atoms with Gasteiger partial charge in [-0.2, -0.15) is 0 Å². The summed E-state index contributed by atoms with van der Waals surface area (Å²) in [6, 6.07) is 12.7. The van der Waals surface area contributed by atoms with Crippen molar-refractivity contribution in [3.05, 3.63) is 54.1 Å². The average molecular weight is 426 g/mol. The molecule has 9 heteroatoms. The molecule has 0 bridgehead atoms. The Morgan fingerprint density at radius 1 is 1.10 bits per heavy atom. The lowest BCUT2D eigenvalue weighted by atomic mass is 10.1. The van der Waals surface area contributed by atoms with Crippen LogP contribution in [0.1, 0.15) is 10.4 Å². The smallest absolute Gasteiger partial charge is 0.336 e. The van der Waals surface area contributed by atoms with Gasteiger partial charge in [-0.15, -0.1) is 0 Å². The van der Waals surface area contributed by atoms with Crippen LogP contribution in [0.2, 0.25) is 0 Å². The fraction of sp³-hybridized carbons (Fsp3) is 0.143. The van der Waals surface area contributed by atoms with E-state index in [2.05, 4.69) is 4.98 Å². The quantitative estimate of drug-likeness (QED) is 0.519. The zero-order valence-electron chi connectivity index (χ0n) is 16.4. The van der Waals surface area contributed by atoms with Crippen LogP contribution in [-0.2, 0) is 10.0 Å². The Hall–Kier alpha value is -3.43. The van der Waals surface area contributed by atoms with E-state index in [0.29, 0.717) is 28.3 Å². The minimum absolute atomic E-state index is 0.00659. The number of ether oxygens (including phenoxy) is 1. The number of hydrogen-bond acceptors (Lipinski definition) is 6. The lowest BCUT2D eigenvalue weighted by molar-refractivity contribution is 0.0699. The van der Waals surface area contributed by atoms with Gasteiger partial charge in [0, 0.05) is 24.9 Å². The summed E-state index contributed by atoms with van der Waals surface area (Å²) in [6.07, 6.45) is 0. The van der Waals surface area contributed by atoms with Gasteiger partial charge in [0.15, 0.2) is 5.76 Å². The molecule has 0 spiro atoms. The largest absolute Gasteiger partial charge is 0.497 e. The lowest BCUT2D eigenvalue weighted by Gasteiger charge is -2.12. The summed E-state index contributed by atoms with van der Waals surface area (Å²) in [5, 5.41) is 10.7. The van der Waals surface area contributed by atoms with Crippen molar-refractivity contribution in [1.29, 1.82) is 0 Å². The minimum Gasteiger partial charge on any atom is -0.497 e. The first-order valence-corrected chi connectivity index (χ1v) is 10.3. The van der Waals surface area contributed by atoms with Crippen LogP contribution < -0.4 is 4.74 Å². The van der Waals surface area contributed by atoms with Crippen molar-refractivity contribution in [3.8, 4) is 17.2 Å². The molecule has 0 aliphatic rings. The van der Waals surface area contributed by atoms with Crippen LogP contribution in [0, 0.1) is 0 Å². The normalized spacial score (nSPS) is 12.0. The number of aromatic carboxylic acids is 1. The van der Waals surface area contributed by atoms with E-state index in [4.69, 9.17) is 9.15 Å². The van der Waals surface area contributed by atoms with Gasteiger partial charge in [0.05, 0.1) is 23.1 Å². The number of sulfonamides is 1. The van der Waals surface area contributed by atoms with E-state index in [9.17, 15) is 18.3 Å². The third kappa shape index (κ3) is 3.27. The highest BCUT2D eigenvalue weighted by Gasteiger charge is 2.21. The van der Waals surface area contributed by atoms with E-state index in [0.717, 1.165) is 9.69 Å². The van der Waals surface area contributed by atoms with Gasteiger partial charge in [0.1, 0.15) is 17.0 Å². The summed E-state index contributed by atoms with van der Waals surface area (Å²) in [5.74, 6) is -0.129. The van der Waals surface area contributed by atoms with E-state index >= 15 is 0 Å². The van der Waals surface area contributed by atoms with Gasteiger partial charge in [-0.25, -0.2) is 22.5 Å². The first-order valence-electron chi connectivity index (χ1n) is 8.89. The molecule has 0 fully saturated rings. The van der Waals surface area contributed by atoms with Gasteiger partial charge in [-0.3, -0.25) is 0 Å². The molecule has 4 rings (SSSR count). The summed E-state index contributed by atoms with van der Waals surface area (Å²) < 4.78 is 37.0. The third-order valence-corrected chi connectivity index (χ3v) is 6.58. The molecular weight excluding hydrogens is 408 g/mol. The summed E-state index contributed by atoms with van der Waals surface area (Å²) in [4.78, 5) is 16.4. The summed E-state index contributed by atoms with van der Waals surface area (Å²) in [5.41, 5.74) is 1.22. The highest BCUT2D eigenvalue weighted by atomic mass is 32.2. The molecule has 2 aromatic carbocycles. The fourth-order valence-corrected chi connectivity index (χ4v) is 4.08. The predicted molar refractivity (Wildman–Crippen MR) is 111 cm³/mol. The molecule has 0 radical (unpaired) electrons. The second-order valence-electron chi connectivity index (χ2n) is 6.84. The number of carbonyl (C=O) groups is 1. The molecule has 0 atom stereocenters. The van der Waals surface area contributed by atoms with E-state index in [-0.39, 0.29) is 15.8 Å². The standard InChI is InChI=1S/C21H18N2O6S/c1-23(2)30(26,27)14-5-6-17-15(10-14)16(21(24)25)11-18(22-17)20-9-12-8-13(28-3)4-7-19(12)29-20/h4-11H,1-3H3,(H,24,25). The van der Waals surface area contributed by atoms with Crippen LogP contribution in [0.25, 0.3) is 33.3 Å². The number of carboxylic acids is 1. The van der Waals surface area contributed by atoms with Gasteiger partial charge in [-0.1, -0.05) is 0 Å². The maximum atomic E-state index is 12.4. The van der Waals surface area contributed by atoms with Crippen molar-refractivity contribution in [2.45, 2.75) is 4.90 Å². The van der Waals surface area contributed by atoms with Gasteiger partial charge >= 0.3 is 5.97 Å². The van der Waals surface area contributed by atoms with Crippen LogP contribution in [0.5, 0.6) is 5.75 Å². The molecule has 154 valence electrons. The molecule has 0 aliphatic heterocycles. The van der Waals surface area contributed by atoms with Crippen LogP contribution in [0.4, 0.5) is 0 Å². The number of furan rings is 1. The lowest BCUT2D eigenvalue weighted by Crippen LogP contribution is -2.22. The van der Waals surface area contributed by atoms with E-state index in [1.807, 2.05) is 0 Å². The van der Waals surface area contributed by atoms with Crippen molar-refractivity contribution in [2.75, 3.05) is 21.2 Å². The van der Waals surface area contributed by atoms with Crippen LogP contribution >= 0.6 is 0 Å². The van der Waals surface area contributed by atoms with Gasteiger partial charge in [-0.05, 0) is 48.5 Å². The van der Waals surface area contributed by atoms with E-state index in [1.54, 1.807) is 31.4 Å². The maximum Gasteiger partial charge on any atom is 0.336 e. The van der Waals surface area contributed by atoms with Crippen molar-refractivity contribution in [3.63, 3.8) is 0 Å². The Bertz CT molecular complexity index is 1410. The number of methoxy groups -OCH3 is 1. The first kappa shape index (κ1) is 19.9. The number of benzene rings is 2. The van der Waals surface area contributed by atoms with Gasteiger partial charge < -0.3 is 14.3 Å². The molecule has 0 saturated carbocycles. The second kappa shape index (κ2) is 7.12. The monoisotopic (exact) mass is 426 g/mol. The predicted octanol–water partition coefficient (Wildman–Crippen LogP) is 3.61. The molecular formula is C21H18N2O6S. The number of hydrogen-bond donors (Lipinski definition) is 1. The Labute approximate surface area is 172 Å². The summed E-state index contributed by atoms with van der Waals surface area (Å²) >= 11 is 0. The maximum absolute atomic E-state index is 12.4. The van der Waals surface area contributed by atoms with Crippen molar-refractivity contribution < 1.29 is 27.5 Å². The highest BCUT2D eigenvalue weighted by molar-refractivity contribution is 7.89. The topological polar surface area (TPSA) is 110 Å². The summed E-state index contributed by atoms with van der Waals surface area (Å²) in [7, 11) is 0.676. The molecule has 30 heavy (non-hydrogen) atoms. The molecule has 2 heterocycles. The van der Waals surface area contributed by atoms with E-state index < -0.39 is 16.0 Å². The molecule has 2 aromatic heterocycles. The fourth-order valence-electron chi connectivity index (χ4n) is 3.15.